The van der Waals surface area contributed by atoms with E-state index in [1.54, 1.807) is 61.0 Å². The Hall–Kier alpha value is -2.89. The Balaban J connectivity index is 1.29. The van der Waals surface area contributed by atoms with Gasteiger partial charge in [-0.05, 0) is 49.6 Å². The number of piperazine rings is 1. The van der Waals surface area contributed by atoms with Gasteiger partial charge in [0.2, 0.25) is 15.9 Å². The zero-order valence-corrected chi connectivity index (χ0v) is 21.2. The maximum Gasteiger partial charge on any atom is 0.244 e. The lowest BCUT2D eigenvalue weighted by Gasteiger charge is -2.48. The third-order valence-corrected chi connectivity index (χ3v) is 9.32. The third kappa shape index (κ3) is 4.43. The number of amides is 1. The van der Waals surface area contributed by atoms with Gasteiger partial charge in [-0.2, -0.15) is 4.31 Å². The summed E-state index contributed by atoms with van der Waals surface area (Å²) in [6, 6.07) is 9.30. The molecule has 0 saturated carbocycles. The highest BCUT2D eigenvalue weighted by molar-refractivity contribution is 7.89. The molecule has 2 fully saturated rings. The highest BCUT2D eigenvalue weighted by atomic mass is 32.2. The zero-order chi connectivity index (χ0) is 24.6. The molecule has 1 amide bonds. The van der Waals surface area contributed by atoms with E-state index < -0.39 is 16.1 Å². The lowest BCUT2D eigenvalue weighted by atomic mass is 9.93. The fraction of sp³-hybridized carbons (Fsp3) is 0.417. The first-order valence-electron chi connectivity index (χ1n) is 11.4. The number of methoxy groups -OCH3 is 2. The average molecular weight is 518 g/mol. The highest BCUT2D eigenvalue weighted by Gasteiger charge is 2.48. The number of benzene rings is 2. The van der Waals surface area contributed by atoms with E-state index in [0.29, 0.717) is 36.8 Å². The van der Waals surface area contributed by atoms with Gasteiger partial charge in [-0.3, -0.25) is 4.79 Å². The van der Waals surface area contributed by atoms with Crippen LogP contribution in [0.25, 0.3) is 10.2 Å². The van der Waals surface area contributed by atoms with Crippen LogP contribution in [0.3, 0.4) is 0 Å². The molecule has 11 heteroatoms. The van der Waals surface area contributed by atoms with Crippen molar-refractivity contribution in [1.82, 2.24) is 14.2 Å². The number of nitrogens with zero attached hydrogens (tertiary/aromatic N) is 3. The topological polar surface area (TPSA) is 98.3 Å². The number of sulfonamides is 1. The van der Waals surface area contributed by atoms with E-state index in [0.717, 1.165) is 23.1 Å². The molecular weight excluding hydrogens is 490 g/mol. The van der Waals surface area contributed by atoms with Crippen molar-refractivity contribution >= 4 is 37.5 Å². The number of rotatable bonds is 8. The molecule has 0 unspecified atom stereocenters. The van der Waals surface area contributed by atoms with Crippen molar-refractivity contribution in [3.63, 3.8) is 0 Å². The van der Waals surface area contributed by atoms with Crippen LogP contribution in [0.15, 0.2) is 46.8 Å². The van der Waals surface area contributed by atoms with Crippen molar-refractivity contribution in [3.8, 4) is 17.2 Å². The first-order valence-corrected chi connectivity index (χ1v) is 13.7. The predicted molar refractivity (Wildman–Crippen MR) is 132 cm³/mol. The molecule has 186 valence electrons. The molecule has 0 N–H and O–H groups in total. The summed E-state index contributed by atoms with van der Waals surface area (Å²) in [6.07, 6.45) is 2.07. The second-order valence-corrected chi connectivity index (χ2v) is 11.3. The summed E-state index contributed by atoms with van der Waals surface area (Å²) in [5.41, 5.74) is 2.46. The van der Waals surface area contributed by atoms with E-state index in [1.807, 2.05) is 0 Å². The van der Waals surface area contributed by atoms with E-state index in [-0.39, 0.29) is 23.5 Å². The number of carbonyl (C=O) groups excluding carboxylic acids is 1. The Bertz CT molecular complexity index is 1340. The summed E-state index contributed by atoms with van der Waals surface area (Å²) < 4.78 is 45.9. The van der Waals surface area contributed by atoms with Crippen LogP contribution in [0.5, 0.6) is 17.2 Å². The minimum Gasteiger partial charge on any atom is -0.493 e. The van der Waals surface area contributed by atoms with Crippen molar-refractivity contribution < 1.29 is 27.4 Å². The summed E-state index contributed by atoms with van der Waals surface area (Å²) in [5.74, 6) is 1.61. The minimum absolute atomic E-state index is 0.167. The second-order valence-electron chi connectivity index (χ2n) is 8.57. The summed E-state index contributed by atoms with van der Waals surface area (Å²) in [6.45, 7) is 1.02. The number of fused-ring (bicyclic) bond motifs is 3. The Morgan fingerprint density at radius 1 is 1.09 bits per heavy atom. The van der Waals surface area contributed by atoms with Gasteiger partial charge in [0.05, 0.1) is 41.4 Å². The quantitative estimate of drug-likeness (QED) is 0.453. The van der Waals surface area contributed by atoms with Gasteiger partial charge >= 0.3 is 0 Å². The molecule has 2 aliphatic heterocycles. The van der Waals surface area contributed by atoms with Crippen molar-refractivity contribution in [1.29, 1.82) is 0 Å². The fourth-order valence-electron chi connectivity index (χ4n) is 4.88. The number of aromatic nitrogens is 1. The monoisotopic (exact) mass is 517 g/mol. The Morgan fingerprint density at radius 2 is 1.91 bits per heavy atom. The molecule has 5 rings (SSSR count). The predicted octanol–water partition coefficient (Wildman–Crippen LogP) is 3.15. The van der Waals surface area contributed by atoms with E-state index >= 15 is 0 Å². The average Bonchev–Trinajstić information content (AvgIpc) is 3.34. The number of ether oxygens (including phenoxy) is 3. The van der Waals surface area contributed by atoms with Crippen molar-refractivity contribution in [2.24, 2.45) is 0 Å². The lowest BCUT2D eigenvalue weighted by Crippen LogP contribution is -2.65. The number of carbonyl (C=O) groups is 1. The number of hydrogen-bond acceptors (Lipinski definition) is 8. The fourth-order valence-corrected chi connectivity index (χ4v) is 7.51. The van der Waals surface area contributed by atoms with Crippen LogP contribution in [0.2, 0.25) is 0 Å². The van der Waals surface area contributed by atoms with Crippen LogP contribution < -0.4 is 14.2 Å². The third-order valence-electron chi connectivity index (χ3n) is 6.57. The number of piperidine rings is 1. The second kappa shape index (κ2) is 9.63. The summed E-state index contributed by atoms with van der Waals surface area (Å²) in [4.78, 5) is 19.5. The van der Waals surface area contributed by atoms with Gasteiger partial charge in [0.25, 0.3) is 0 Å². The van der Waals surface area contributed by atoms with Gasteiger partial charge in [-0.15, -0.1) is 11.3 Å². The van der Waals surface area contributed by atoms with Crippen LogP contribution in [-0.2, 0) is 14.8 Å². The van der Waals surface area contributed by atoms with Crippen LogP contribution in [0.4, 0.5) is 0 Å². The van der Waals surface area contributed by atoms with Crippen LogP contribution in [0.1, 0.15) is 19.3 Å². The Kier molecular flexibility index (Phi) is 6.56. The molecule has 3 aromatic rings. The molecule has 35 heavy (non-hydrogen) atoms. The van der Waals surface area contributed by atoms with Gasteiger partial charge in [0.15, 0.2) is 11.5 Å². The van der Waals surface area contributed by atoms with Gasteiger partial charge in [-0.25, -0.2) is 13.4 Å². The normalized spacial score (nSPS) is 20.7. The van der Waals surface area contributed by atoms with E-state index in [1.165, 1.54) is 15.6 Å². The zero-order valence-electron chi connectivity index (χ0n) is 19.5. The molecule has 0 spiro atoms. The first-order chi connectivity index (χ1) is 16.9. The number of likely N-dealkylation sites (tertiary alicyclic amines) is 1. The molecule has 0 radical (unpaired) electrons. The summed E-state index contributed by atoms with van der Waals surface area (Å²) >= 11 is 1.40. The molecular formula is C24H27N3O6S2. The number of thiazole rings is 1. The summed E-state index contributed by atoms with van der Waals surface area (Å²) in [7, 11) is -0.692. The standard InChI is InChI=1S/C24H27N3O6S2/c1-31-21-9-6-17(12-22(21)32-2)33-11-10-26-14-16-4-3-5-20(24(26)28)27(16)35(29,30)18-7-8-19-23(13-18)34-15-25-19/h6-9,12-13,15-16,20H,3-5,10-11,14H2,1-2H3/t16-,20+/m1/s1. The molecule has 3 heterocycles. The van der Waals surface area contributed by atoms with Crippen molar-refractivity contribution in [3.05, 3.63) is 41.9 Å². The molecule has 2 aliphatic rings. The number of hydrogen-bond donors (Lipinski definition) is 0. The first kappa shape index (κ1) is 23.8. The van der Waals surface area contributed by atoms with Gasteiger partial charge < -0.3 is 19.1 Å². The van der Waals surface area contributed by atoms with E-state index in [9.17, 15) is 13.2 Å². The Morgan fingerprint density at radius 3 is 2.71 bits per heavy atom. The SMILES string of the molecule is COc1ccc(OCCN2C[C@H]3CCC[C@@H](C2=O)N3S(=O)(=O)c2ccc3ncsc3c2)cc1OC. The molecule has 9 nitrogen and oxygen atoms in total. The van der Waals surface area contributed by atoms with Gasteiger partial charge in [0.1, 0.15) is 18.4 Å². The van der Waals surface area contributed by atoms with Crippen molar-refractivity contribution in [2.75, 3.05) is 33.9 Å². The van der Waals surface area contributed by atoms with Gasteiger partial charge in [0, 0.05) is 18.7 Å². The smallest absolute Gasteiger partial charge is 0.244 e. The maximum absolute atomic E-state index is 13.6. The largest absolute Gasteiger partial charge is 0.493 e. The molecule has 2 aromatic carbocycles. The molecule has 2 saturated heterocycles. The lowest BCUT2D eigenvalue weighted by molar-refractivity contribution is -0.143. The van der Waals surface area contributed by atoms with E-state index in [4.69, 9.17) is 14.2 Å². The van der Waals surface area contributed by atoms with Crippen LogP contribution in [0, 0.1) is 0 Å². The van der Waals surface area contributed by atoms with Gasteiger partial charge in [-0.1, -0.05) is 0 Å². The van der Waals surface area contributed by atoms with Crippen LogP contribution >= 0.6 is 11.3 Å². The molecule has 2 bridgehead atoms. The maximum atomic E-state index is 13.6. The molecule has 0 aliphatic carbocycles. The molecule has 2 atom stereocenters. The van der Waals surface area contributed by atoms with Crippen molar-refractivity contribution in [2.45, 2.75) is 36.2 Å². The summed E-state index contributed by atoms with van der Waals surface area (Å²) in [5, 5.41) is 0. The Labute approximate surface area is 208 Å². The minimum atomic E-state index is -3.82. The van der Waals surface area contributed by atoms with E-state index in [2.05, 4.69) is 4.98 Å². The van der Waals surface area contributed by atoms with Crippen LogP contribution in [-0.4, -0.2) is 74.5 Å². The highest BCUT2D eigenvalue weighted by Crippen LogP contribution is 2.36. The molecule has 1 aromatic heterocycles.